The molecule has 2 amide bonds. The van der Waals surface area contributed by atoms with Crippen molar-refractivity contribution in [2.24, 2.45) is 5.92 Å². The summed E-state index contributed by atoms with van der Waals surface area (Å²) in [7, 11) is 1.58. The third kappa shape index (κ3) is 4.17. The summed E-state index contributed by atoms with van der Waals surface area (Å²) in [5.74, 6) is 0.917. The number of rotatable bonds is 6. The molecule has 1 aromatic heterocycles. The number of hydrogen-bond acceptors (Lipinski definition) is 4. The lowest BCUT2D eigenvalue weighted by Gasteiger charge is -2.09. The summed E-state index contributed by atoms with van der Waals surface area (Å²) >= 11 is 0. The summed E-state index contributed by atoms with van der Waals surface area (Å²) in [6.07, 6.45) is 0. The van der Waals surface area contributed by atoms with E-state index in [2.05, 4.69) is 10.6 Å². The molecule has 6 heteroatoms. The number of amides is 2. The highest BCUT2D eigenvalue weighted by Crippen LogP contribution is 2.29. The Bertz CT molecular complexity index is 1000. The van der Waals surface area contributed by atoms with E-state index in [1.165, 1.54) is 0 Å². The van der Waals surface area contributed by atoms with Gasteiger partial charge in [0.05, 0.1) is 12.7 Å². The van der Waals surface area contributed by atoms with E-state index in [0.717, 1.165) is 16.6 Å². The molecule has 3 rings (SSSR count). The Morgan fingerprint density at radius 2 is 1.82 bits per heavy atom. The number of furan rings is 1. The standard InChI is InChI=1S/C22H24N2O4/c1-13(2)21(25)24-16-7-5-15(6-8-16)12-23-22(26)20-14(3)28-19-10-9-17(27-4)11-18(19)20/h5-11,13H,12H2,1-4H3,(H,23,26)(H,24,25). The van der Waals surface area contributed by atoms with Crippen molar-refractivity contribution in [3.8, 4) is 5.75 Å². The fraction of sp³-hybridized carbons (Fsp3) is 0.273. The van der Waals surface area contributed by atoms with Crippen LogP contribution in [0.1, 0.15) is 35.5 Å². The SMILES string of the molecule is COc1ccc2oc(C)c(C(=O)NCc3ccc(NC(=O)C(C)C)cc3)c2c1. The second-order valence-electron chi connectivity index (χ2n) is 6.92. The van der Waals surface area contributed by atoms with Gasteiger partial charge in [0.25, 0.3) is 5.91 Å². The lowest BCUT2D eigenvalue weighted by atomic mass is 10.1. The lowest BCUT2D eigenvalue weighted by Crippen LogP contribution is -2.23. The van der Waals surface area contributed by atoms with Crippen molar-refractivity contribution in [3.63, 3.8) is 0 Å². The molecule has 2 N–H and O–H groups in total. The zero-order valence-electron chi connectivity index (χ0n) is 16.5. The Kier molecular flexibility index (Phi) is 5.68. The number of aryl methyl sites for hydroxylation is 1. The third-order valence-corrected chi connectivity index (χ3v) is 4.50. The lowest BCUT2D eigenvalue weighted by molar-refractivity contribution is -0.118. The van der Waals surface area contributed by atoms with Crippen LogP contribution in [0.25, 0.3) is 11.0 Å². The zero-order chi connectivity index (χ0) is 20.3. The summed E-state index contributed by atoms with van der Waals surface area (Å²) < 4.78 is 10.9. The summed E-state index contributed by atoms with van der Waals surface area (Å²) in [5.41, 5.74) is 2.82. The van der Waals surface area contributed by atoms with Crippen LogP contribution in [0.5, 0.6) is 5.75 Å². The molecule has 0 bridgehead atoms. The normalized spacial score (nSPS) is 10.9. The van der Waals surface area contributed by atoms with Crippen LogP contribution in [0.3, 0.4) is 0 Å². The van der Waals surface area contributed by atoms with Crippen LogP contribution in [0, 0.1) is 12.8 Å². The molecule has 3 aromatic rings. The van der Waals surface area contributed by atoms with E-state index in [-0.39, 0.29) is 17.7 Å². The van der Waals surface area contributed by atoms with Gasteiger partial charge >= 0.3 is 0 Å². The van der Waals surface area contributed by atoms with Crippen molar-refractivity contribution in [2.75, 3.05) is 12.4 Å². The summed E-state index contributed by atoms with van der Waals surface area (Å²) in [4.78, 5) is 24.5. The number of fused-ring (bicyclic) bond motifs is 1. The number of carbonyl (C=O) groups is 2. The fourth-order valence-corrected chi connectivity index (χ4v) is 2.87. The third-order valence-electron chi connectivity index (χ3n) is 4.50. The Balaban J connectivity index is 1.70. The van der Waals surface area contributed by atoms with E-state index in [1.807, 2.05) is 38.1 Å². The molecule has 146 valence electrons. The highest BCUT2D eigenvalue weighted by atomic mass is 16.5. The van der Waals surface area contributed by atoms with Gasteiger partial charge in [0.15, 0.2) is 0 Å². The number of methoxy groups -OCH3 is 1. The minimum absolute atomic E-state index is 0.0289. The molecule has 0 fully saturated rings. The van der Waals surface area contributed by atoms with Gasteiger partial charge < -0.3 is 19.8 Å². The minimum atomic E-state index is -0.207. The van der Waals surface area contributed by atoms with Gasteiger partial charge in [-0.2, -0.15) is 0 Å². The molecule has 1 heterocycles. The van der Waals surface area contributed by atoms with Crippen molar-refractivity contribution < 1.29 is 18.7 Å². The molecule has 0 aliphatic rings. The molecule has 2 aromatic carbocycles. The zero-order valence-corrected chi connectivity index (χ0v) is 16.5. The second kappa shape index (κ2) is 8.17. The van der Waals surface area contributed by atoms with Crippen LogP contribution < -0.4 is 15.4 Å². The van der Waals surface area contributed by atoms with Crippen LogP contribution in [-0.4, -0.2) is 18.9 Å². The van der Waals surface area contributed by atoms with Crippen LogP contribution in [0.15, 0.2) is 46.9 Å². The van der Waals surface area contributed by atoms with Crippen molar-refractivity contribution in [2.45, 2.75) is 27.3 Å². The monoisotopic (exact) mass is 380 g/mol. The van der Waals surface area contributed by atoms with Gasteiger partial charge in [-0.3, -0.25) is 9.59 Å². The Morgan fingerprint density at radius 1 is 1.11 bits per heavy atom. The van der Waals surface area contributed by atoms with Crippen LogP contribution in [-0.2, 0) is 11.3 Å². The first-order chi connectivity index (χ1) is 13.4. The van der Waals surface area contributed by atoms with Crippen LogP contribution in [0.2, 0.25) is 0 Å². The highest BCUT2D eigenvalue weighted by Gasteiger charge is 2.18. The first-order valence-corrected chi connectivity index (χ1v) is 9.14. The van der Waals surface area contributed by atoms with E-state index < -0.39 is 0 Å². The number of ether oxygens (including phenoxy) is 1. The second-order valence-corrected chi connectivity index (χ2v) is 6.92. The van der Waals surface area contributed by atoms with Gasteiger partial charge in [0, 0.05) is 23.5 Å². The van der Waals surface area contributed by atoms with Gasteiger partial charge in [-0.25, -0.2) is 0 Å². The van der Waals surface area contributed by atoms with E-state index in [4.69, 9.17) is 9.15 Å². The molecule has 0 unspecified atom stereocenters. The molecule has 0 saturated heterocycles. The smallest absolute Gasteiger partial charge is 0.255 e. The Hall–Kier alpha value is -3.28. The van der Waals surface area contributed by atoms with E-state index in [9.17, 15) is 9.59 Å². The predicted octanol–water partition coefficient (Wildman–Crippen LogP) is 4.27. The molecular formula is C22H24N2O4. The first-order valence-electron chi connectivity index (χ1n) is 9.14. The Morgan fingerprint density at radius 3 is 2.46 bits per heavy atom. The van der Waals surface area contributed by atoms with Gasteiger partial charge in [0.2, 0.25) is 5.91 Å². The van der Waals surface area contributed by atoms with E-state index in [1.54, 1.807) is 32.2 Å². The largest absolute Gasteiger partial charge is 0.497 e. The maximum absolute atomic E-state index is 12.7. The van der Waals surface area contributed by atoms with Crippen molar-refractivity contribution in [3.05, 3.63) is 59.4 Å². The summed E-state index contributed by atoms with van der Waals surface area (Å²) in [5, 5.41) is 6.49. The van der Waals surface area contributed by atoms with Crippen molar-refractivity contribution >= 4 is 28.5 Å². The topological polar surface area (TPSA) is 80.6 Å². The Labute approximate surface area is 163 Å². The number of carbonyl (C=O) groups excluding carboxylic acids is 2. The first kappa shape index (κ1) is 19.5. The number of nitrogens with one attached hydrogen (secondary N) is 2. The molecule has 0 saturated carbocycles. The van der Waals surface area contributed by atoms with Gasteiger partial charge in [-0.05, 0) is 42.8 Å². The van der Waals surface area contributed by atoms with Gasteiger partial charge in [-0.1, -0.05) is 26.0 Å². The van der Waals surface area contributed by atoms with Gasteiger partial charge in [-0.15, -0.1) is 0 Å². The summed E-state index contributed by atoms with van der Waals surface area (Å²) in [6, 6.07) is 12.8. The van der Waals surface area contributed by atoms with Crippen LogP contribution >= 0.6 is 0 Å². The highest BCUT2D eigenvalue weighted by molar-refractivity contribution is 6.07. The molecule has 28 heavy (non-hydrogen) atoms. The van der Waals surface area contributed by atoms with Crippen LogP contribution in [0.4, 0.5) is 5.69 Å². The fourth-order valence-electron chi connectivity index (χ4n) is 2.87. The predicted molar refractivity (Wildman–Crippen MR) is 109 cm³/mol. The molecule has 0 aliphatic heterocycles. The molecule has 0 atom stereocenters. The maximum Gasteiger partial charge on any atom is 0.255 e. The van der Waals surface area contributed by atoms with Gasteiger partial charge in [0.1, 0.15) is 17.1 Å². The molecular weight excluding hydrogens is 356 g/mol. The van der Waals surface area contributed by atoms with Crippen molar-refractivity contribution in [1.29, 1.82) is 0 Å². The summed E-state index contributed by atoms with van der Waals surface area (Å²) in [6.45, 7) is 5.83. The maximum atomic E-state index is 12.7. The molecule has 0 aliphatic carbocycles. The average molecular weight is 380 g/mol. The number of benzene rings is 2. The molecule has 6 nitrogen and oxygen atoms in total. The number of anilines is 1. The average Bonchev–Trinajstić information content (AvgIpc) is 3.01. The molecule has 0 radical (unpaired) electrons. The quantitative estimate of drug-likeness (QED) is 0.669. The van der Waals surface area contributed by atoms with E-state index in [0.29, 0.717) is 29.2 Å². The molecule has 0 spiro atoms. The van der Waals surface area contributed by atoms with E-state index >= 15 is 0 Å². The minimum Gasteiger partial charge on any atom is -0.497 e. The van der Waals surface area contributed by atoms with Crippen molar-refractivity contribution in [1.82, 2.24) is 5.32 Å². The number of hydrogen-bond donors (Lipinski definition) is 2.